The molecule has 0 N–H and O–H groups in total. The van der Waals surface area contributed by atoms with Gasteiger partial charge in [0.25, 0.3) is 0 Å². The number of rotatable bonds is 0. The van der Waals surface area contributed by atoms with Crippen molar-refractivity contribution in [3.05, 3.63) is 38.8 Å². The third-order valence-corrected chi connectivity index (χ3v) is 2.43. The molecule has 88 valence electrons. The van der Waals surface area contributed by atoms with Crippen LogP contribution in [-0.4, -0.2) is 4.98 Å². The quantitative estimate of drug-likeness (QED) is 0.692. The largest absolute Gasteiger partial charge is 0.277 e. The number of para-hydroxylation sites is 1. The third kappa shape index (κ3) is 3.74. The number of fused-ring (bicyclic) bond motifs is 1. The first-order chi connectivity index (χ1) is 7.77. The van der Waals surface area contributed by atoms with Crippen molar-refractivity contribution in [3.63, 3.8) is 0 Å². The van der Waals surface area contributed by atoms with Crippen molar-refractivity contribution in [2.45, 2.75) is 34.6 Å². The van der Waals surface area contributed by atoms with Crippen LogP contribution < -0.4 is 4.74 Å². The fourth-order valence-corrected chi connectivity index (χ4v) is 1.82. The molecule has 0 radical (unpaired) electrons. The molecule has 2 nitrogen and oxygen atoms in total. The van der Waals surface area contributed by atoms with Crippen LogP contribution in [0.2, 0.25) is 0 Å². The Labute approximate surface area is 101 Å². The van der Waals surface area contributed by atoms with Crippen LogP contribution in [0.1, 0.15) is 32.7 Å². The minimum Gasteiger partial charge on any atom is -0.277 e. The van der Waals surface area contributed by atoms with Crippen LogP contribution in [0.5, 0.6) is 0 Å². The average molecular weight is 237 g/mol. The molecular weight excluding hydrogens is 218 g/mol. The zero-order valence-corrected chi connectivity index (χ0v) is 11.4. The number of hydrogen-bond acceptors (Lipinski definition) is 3. The van der Waals surface area contributed by atoms with E-state index < -0.39 is 0 Å². The van der Waals surface area contributed by atoms with E-state index in [-0.39, 0.29) is 4.74 Å². The molecule has 0 aliphatic heterocycles. The van der Waals surface area contributed by atoms with Gasteiger partial charge in [0.05, 0.1) is 15.9 Å². The van der Waals surface area contributed by atoms with Crippen molar-refractivity contribution in [1.82, 2.24) is 4.98 Å². The highest BCUT2D eigenvalue weighted by Crippen LogP contribution is 2.09. The van der Waals surface area contributed by atoms with Crippen LogP contribution in [-0.2, 0) is 0 Å². The number of aryl methyl sites for hydroxylation is 1. The van der Waals surface area contributed by atoms with Gasteiger partial charge in [-0.25, -0.2) is 4.98 Å². The van der Waals surface area contributed by atoms with E-state index in [0.717, 1.165) is 10.5 Å². The standard InChI is InChI=1S/C9H7NOS.2C2H6/c1-6-10-8-5-3-2-4-7(8)9(11)12-6;2*1-2/h2-5H,1H3;2*1-2H3. The molecule has 3 heteroatoms. The number of aromatic nitrogens is 1. The minimum atomic E-state index is 0.0955. The SMILES string of the molecule is CC.CC.Cc1nc2ccccc2c(=O)s1. The Morgan fingerprint density at radius 1 is 1.06 bits per heavy atom. The van der Waals surface area contributed by atoms with Gasteiger partial charge in [0, 0.05) is 0 Å². The Kier molecular flexibility index (Phi) is 7.38. The monoisotopic (exact) mass is 237 g/mol. The van der Waals surface area contributed by atoms with E-state index in [1.54, 1.807) is 6.07 Å². The summed E-state index contributed by atoms with van der Waals surface area (Å²) in [5, 5.41) is 1.53. The molecule has 0 bridgehead atoms. The lowest BCUT2D eigenvalue weighted by Crippen LogP contribution is -1.97. The van der Waals surface area contributed by atoms with Crippen molar-refractivity contribution in [3.8, 4) is 0 Å². The summed E-state index contributed by atoms with van der Waals surface area (Å²) < 4.78 is 0.0955. The molecule has 0 aliphatic carbocycles. The van der Waals surface area contributed by atoms with Crippen LogP contribution in [0.4, 0.5) is 0 Å². The molecule has 1 aromatic carbocycles. The maximum atomic E-state index is 11.4. The maximum absolute atomic E-state index is 11.4. The van der Waals surface area contributed by atoms with Gasteiger partial charge in [-0.2, -0.15) is 0 Å². The fourth-order valence-electron chi connectivity index (χ4n) is 1.13. The Morgan fingerprint density at radius 3 is 2.25 bits per heavy atom. The first kappa shape index (κ1) is 14.8. The Balaban J connectivity index is 0.000000509. The van der Waals surface area contributed by atoms with Crippen LogP contribution >= 0.6 is 11.3 Å². The second-order valence-electron chi connectivity index (χ2n) is 2.54. The molecule has 0 spiro atoms. The number of nitrogens with zero attached hydrogens (tertiary/aromatic N) is 1. The van der Waals surface area contributed by atoms with Crippen LogP contribution in [0.25, 0.3) is 10.9 Å². The first-order valence-electron chi connectivity index (χ1n) is 5.64. The molecule has 0 saturated carbocycles. The van der Waals surface area contributed by atoms with Gasteiger partial charge in [0.2, 0.25) is 4.74 Å². The Morgan fingerprint density at radius 2 is 1.62 bits per heavy atom. The second-order valence-corrected chi connectivity index (χ2v) is 3.70. The summed E-state index contributed by atoms with van der Waals surface area (Å²) in [7, 11) is 0. The van der Waals surface area contributed by atoms with E-state index in [1.165, 1.54) is 11.3 Å². The molecular formula is C13H19NOS. The third-order valence-electron chi connectivity index (χ3n) is 1.64. The summed E-state index contributed by atoms with van der Waals surface area (Å²) in [6.45, 7) is 9.85. The van der Waals surface area contributed by atoms with Crippen molar-refractivity contribution in [1.29, 1.82) is 0 Å². The fraction of sp³-hybridized carbons (Fsp3) is 0.385. The number of benzene rings is 1. The van der Waals surface area contributed by atoms with Crippen LogP contribution in [0, 0.1) is 6.92 Å². The molecule has 0 fully saturated rings. The lowest BCUT2D eigenvalue weighted by molar-refractivity contribution is 1.32. The van der Waals surface area contributed by atoms with E-state index in [0.29, 0.717) is 5.39 Å². The van der Waals surface area contributed by atoms with E-state index in [9.17, 15) is 4.79 Å². The van der Waals surface area contributed by atoms with Gasteiger partial charge in [-0.1, -0.05) is 51.2 Å². The number of hydrogen-bond donors (Lipinski definition) is 0. The van der Waals surface area contributed by atoms with E-state index in [4.69, 9.17) is 0 Å². The van der Waals surface area contributed by atoms with Gasteiger partial charge >= 0.3 is 0 Å². The van der Waals surface area contributed by atoms with Crippen molar-refractivity contribution >= 4 is 22.2 Å². The molecule has 0 atom stereocenters. The van der Waals surface area contributed by atoms with E-state index >= 15 is 0 Å². The first-order valence-corrected chi connectivity index (χ1v) is 6.45. The molecule has 2 aromatic rings. The van der Waals surface area contributed by atoms with Gasteiger partial charge in [-0.05, 0) is 19.1 Å². The lowest BCUT2D eigenvalue weighted by atomic mass is 10.2. The maximum Gasteiger partial charge on any atom is 0.243 e. The van der Waals surface area contributed by atoms with Crippen molar-refractivity contribution in [2.75, 3.05) is 0 Å². The summed E-state index contributed by atoms with van der Waals surface area (Å²) in [6.07, 6.45) is 0. The lowest BCUT2D eigenvalue weighted by Gasteiger charge is -1.94. The van der Waals surface area contributed by atoms with Gasteiger partial charge in [-0.3, -0.25) is 4.79 Å². The molecule has 16 heavy (non-hydrogen) atoms. The van der Waals surface area contributed by atoms with E-state index in [1.807, 2.05) is 52.8 Å². The summed E-state index contributed by atoms with van der Waals surface area (Å²) in [6, 6.07) is 7.41. The van der Waals surface area contributed by atoms with Gasteiger partial charge in [0.15, 0.2) is 0 Å². The summed E-state index contributed by atoms with van der Waals surface area (Å²) in [5.74, 6) is 0. The van der Waals surface area contributed by atoms with Crippen LogP contribution in [0.3, 0.4) is 0 Å². The highest BCUT2D eigenvalue weighted by atomic mass is 32.1. The smallest absolute Gasteiger partial charge is 0.243 e. The molecule has 1 aromatic heterocycles. The molecule has 1 heterocycles. The predicted octanol–water partition coefficient (Wildman–Crippen LogP) is 4.02. The molecule has 0 unspecified atom stereocenters. The molecule has 0 aliphatic rings. The minimum absolute atomic E-state index is 0.0955. The van der Waals surface area contributed by atoms with E-state index in [2.05, 4.69) is 4.98 Å². The van der Waals surface area contributed by atoms with Crippen LogP contribution in [0.15, 0.2) is 29.1 Å². The highest BCUT2D eigenvalue weighted by molar-refractivity contribution is 7.09. The normalized spacial score (nSPS) is 8.56. The topological polar surface area (TPSA) is 30.0 Å². The Bertz CT molecular complexity index is 477. The van der Waals surface area contributed by atoms with Gasteiger partial charge in [-0.15, -0.1) is 0 Å². The molecule has 0 saturated heterocycles. The highest BCUT2D eigenvalue weighted by Gasteiger charge is 1.98. The van der Waals surface area contributed by atoms with Gasteiger partial charge in [0.1, 0.15) is 0 Å². The summed E-state index contributed by atoms with van der Waals surface area (Å²) >= 11 is 1.19. The zero-order chi connectivity index (χ0) is 12.6. The average Bonchev–Trinajstić information content (AvgIpc) is 2.34. The molecule has 2 rings (SSSR count). The van der Waals surface area contributed by atoms with Gasteiger partial charge < -0.3 is 0 Å². The summed E-state index contributed by atoms with van der Waals surface area (Å²) in [5.41, 5.74) is 0.791. The Hall–Kier alpha value is -1.22. The summed E-state index contributed by atoms with van der Waals surface area (Å²) in [4.78, 5) is 15.6. The van der Waals surface area contributed by atoms with Crippen molar-refractivity contribution < 1.29 is 0 Å². The predicted molar refractivity (Wildman–Crippen MR) is 73.3 cm³/mol. The van der Waals surface area contributed by atoms with Crippen molar-refractivity contribution in [2.24, 2.45) is 0 Å². The molecule has 0 amide bonds. The second kappa shape index (κ2) is 7.99. The zero-order valence-electron chi connectivity index (χ0n) is 10.6.